The molecule has 5 N–H and O–H groups in total. The van der Waals surface area contributed by atoms with Crippen molar-refractivity contribution in [3.05, 3.63) is 144 Å². The number of aliphatic hydroxyl groups excluding tert-OH is 3. The predicted molar refractivity (Wildman–Crippen MR) is 143 cm³/mol. The lowest BCUT2D eigenvalue weighted by atomic mass is 9.95. The van der Waals surface area contributed by atoms with E-state index in [1.807, 2.05) is 121 Å². The Morgan fingerprint density at radius 2 is 0.694 bits per heavy atom. The van der Waals surface area contributed by atoms with E-state index in [1.54, 1.807) is 0 Å². The van der Waals surface area contributed by atoms with E-state index in [-0.39, 0.29) is 25.2 Å². The van der Waals surface area contributed by atoms with Crippen LogP contribution in [0, 0.1) is 0 Å². The summed E-state index contributed by atoms with van der Waals surface area (Å²) in [6.07, 6.45) is -2.29. The van der Waals surface area contributed by atoms with Crippen LogP contribution in [0.15, 0.2) is 121 Å². The van der Waals surface area contributed by atoms with Crippen molar-refractivity contribution in [3.63, 3.8) is 0 Å². The Morgan fingerprint density at radius 3 is 1.00 bits per heavy atom. The first-order chi connectivity index (χ1) is 17.6. The van der Waals surface area contributed by atoms with E-state index in [0.717, 1.165) is 22.3 Å². The SMILES string of the molecule is OC(CNC(c1ccccc1)C(O)c1ccccc1)CNC(c1ccccc1)C(O)c1ccccc1. The fourth-order valence-corrected chi connectivity index (χ4v) is 4.43. The molecular formula is C31H34N2O3. The molecule has 0 saturated heterocycles. The molecule has 0 amide bonds. The molecule has 0 aliphatic carbocycles. The van der Waals surface area contributed by atoms with Gasteiger partial charge in [0.05, 0.1) is 30.4 Å². The fourth-order valence-electron chi connectivity index (χ4n) is 4.43. The van der Waals surface area contributed by atoms with Gasteiger partial charge in [0.15, 0.2) is 0 Å². The largest absolute Gasteiger partial charge is 0.390 e. The molecule has 0 fully saturated rings. The van der Waals surface area contributed by atoms with E-state index < -0.39 is 18.3 Å². The van der Waals surface area contributed by atoms with Crippen molar-refractivity contribution in [2.24, 2.45) is 0 Å². The molecule has 5 heteroatoms. The van der Waals surface area contributed by atoms with Crippen LogP contribution in [-0.2, 0) is 0 Å². The molecule has 4 unspecified atom stereocenters. The second kappa shape index (κ2) is 13.1. The number of benzene rings is 4. The summed E-state index contributed by atoms with van der Waals surface area (Å²) in [5.74, 6) is 0. The highest BCUT2D eigenvalue weighted by atomic mass is 16.3. The second-order valence-electron chi connectivity index (χ2n) is 8.96. The van der Waals surface area contributed by atoms with Crippen LogP contribution in [-0.4, -0.2) is 34.5 Å². The minimum Gasteiger partial charge on any atom is -0.390 e. The molecule has 4 rings (SSSR count). The normalized spacial score (nSPS) is 15.5. The molecule has 0 heterocycles. The minimum absolute atomic E-state index is 0.263. The van der Waals surface area contributed by atoms with Gasteiger partial charge in [-0.15, -0.1) is 0 Å². The third kappa shape index (κ3) is 6.88. The van der Waals surface area contributed by atoms with Crippen LogP contribution in [0.3, 0.4) is 0 Å². The first-order valence-electron chi connectivity index (χ1n) is 12.3. The highest BCUT2D eigenvalue weighted by molar-refractivity contribution is 5.27. The summed E-state index contributed by atoms with van der Waals surface area (Å²) >= 11 is 0. The van der Waals surface area contributed by atoms with E-state index in [0.29, 0.717) is 0 Å². The maximum atomic E-state index is 11.1. The smallest absolute Gasteiger partial charge is 0.0984 e. The Balaban J connectivity index is 1.43. The molecule has 4 atom stereocenters. The zero-order valence-corrected chi connectivity index (χ0v) is 20.2. The number of rotatable bonds is 12. The predicted octanol–water partition coefficient (Wildman–Crippen LogP) is 4.48. The zero-order valence-electron chi connectivity index (χ0n) is 20.2. The molecule has 0 aromatic heterocycles. The van der Waals surface area contributed by atoms with Gasteiger partial charge in [-0.05, 0) is 22.3 Å². The monoisotopic (exact) mass is 482 g/mol. The summed E-state index contributed by atoms with van der Waals surface area (Å²) in [7, 11) is 0. The average molecular weight is 483 g/mol. The molecule has 0 spiro atoms. The first-order valence-corrected chi connectivity index (χ1v) is 12.3. The molecule has 36 heavy (non-hydrogen) atoms. The van der Waals surface area contributed by atoms with Crippen molar-refractivity contribution in [1.29, 1.82) is 0 Å². The van der Waals surface area contributed by atoms with E-state index in [1.165, 1.54) is 0 Å². The molecule has 4 aromatic carbocycles. The third-order valence-corrected chi connectivity index (χ3v) is 6.38. The quantitative estimate of drug-likeness (QED) is 0.206. The Kier molecular flexibility index (Phi) is 9.39. The van der Waals surface area contributed by atoms with E-state index >= 15 is 0 Å². The van der Waals surface area contributed by atoms with Gasteiger partial charge in [0.25, 0.3) is 0 Å². The number of hydrogen-bond acceptors (Lipinski definition) is 5. The van der Waals surface area contributed by atoms with Crippen LogP contribution >= 0.6 is 0 Å². The third-order valence-electron chi connectivity index (χ3n) is 6.38. The zero-order chi connectivity index (χ0) is 25.2. The Labute approximate surface area is 213 Å². The first kappa shape index (κ1) is 25.8. The van der Waals surface area contributed by atoms with Gasteiger partial charge in [0.2, 0.25) is 0 Å². The van der Waals surface area contributed by atoms with Gasteiger partial charge in [-0.25, -0.2) is 0 Å². The molecule has 0 aliphatic heterocycles. The van der Waals surface area contributed by atoms with E-state index in [4.69, 9.17) is 0 Å². The highest BCUT2D eigenvalue weighted by Gasteiger charge is 2.25. The molecule has 0 radical (unpaired) electrons. The van der Waals surface area contributed by atoms with Crippen molar-refractivity contribution in [2.75, 3.05) is 13.1 Å². The average Bonchev–Trinajstić information content (AvgIpc) is 2.95. The summed E-state index contributed by atoms with van der Waals surface area (Å²) in [4.78, 5) is 0. The lowest BCUT2D eigenvalue weighted by Crippen LogP contribution is -2.40. The van der Waals surface area contributed by atoms with Gasteiger partial charge in [-0.2, -0.15) is 0 Å². The summed E-state index contributed by atoms with van der Waals surface area (Å²) < 4.78 is 0. The van der Waals surface area contributed by atoms with Gasteiger partial charge in [-0.3, -0.25) is 0 Å². The van der Waals surface area contributed by atoms with Gasteiger partial charge >= 0.3 is 0 Å². The van der Waals surface area contributed by atoms with Crippen molar-refractivity contribution in [2.45, 2.75) is 30.4 Å². The van der Waals surface area contributed by atoms with Gasteiger partial charge in [0, 0.05) is 13.1 Å². The van der Waals surface area contributed by atoms with Crippen molar-refractivity contribution < 1.29 is 15.3 Å². The van der Waals surface area contributed by atoms with Crippen LogP contribution in [0.2, 0.25) is 0 Å². The molecule has 4 aromatic rings. The number of nitrogens with one attached hydrogen (secondary N) is 2. The van der Waals surface area contributed by atoms with Crippen LogP contribution in [0.4, 0.5) is 0 Å². The fraction of sp³-hybridized carbons (Fsp3) is 0.226. The highest BCUT2D eigenvalue weighted by Crippen LogP contribution is 2.30. The molecule has 0 saturated carbocycles. The molecular weight excluding hydrogens is 448 g/mol. The Bertz CT molecular complexity index is 1050. The van der Waals surface area contributed by atoms with Crippen LogP contribution in [0.25, 0.3) is 0 Å². The Morgan fingerprint density at radius 1 is 0.417 bits per heavy atom. The van der Waals surface area contributed by atoms with Gasteiger partial charge in [0.1, 0.15) is 0 Å². The van der Waals surface area contributed by atoms with Crippen molar-refractivity contribution in [1.82, 2.24) is 10.6 Å². The standard InChI is InChI=1S/C31H34N2O3/c34-27(21-32-28(23-13-5-1-6-14-23)30(35)25-17-9-3-10-18-25)22-33-29(24-15-7-2-8-16-24)31(36)26-19-11-4-12-20-26/h1-20,27-36H,21-22H2. The van der Waals surface area contributed by atoms with Crippen molar-refractivity contribution >= 4 is 0 Å². The van der Waals surface area contributed by atoms with Crippen molar-refractivity contribution in [3.8, 4) is 0 Å². The number of aliphatic hydroxyl groups is 3. The molecule has 0 aliphatic rings. The Hall–Kier alpha value is -3.32. The van der Waals surface area contributed by atoms with E-state index in [2.05, 4.69) is 10.6 Å². The van der Waals surface area contributed by atoms with Gasteiger partial charge in [-0.1, -0.05) is 121 Å². The molecule has 0 bridgehead atoms. The van der Waals surface area contributed by atoms with Gasteiger partial charge < -0.3 is 26.0 Å². The van der Waals surface area contributed by atoms with Crippen LogP contribution in [0.1, 0.15) is 46.5 Å². The maximum Gasteiger partial charge on any atom is 0.0984 e. The summed E-state index contributed by atoms with van der Waals surface area (Å²) in [5, 5.41) is 39.8. The maximum absolute atomic E-state index is 11.1. The van der Waals surface area contributed by atoms with E-state index in [9.17, 15) is 15.3 Å². The molecule has 5 nitrogen and oxygen atoms in total. The van der Waals surface area contributed by atoms with Crippen LogP contribution in [0.5, 0.6) is 0 Å². The summed E-state index contributed by atoms with van der Waals surface area (Å²) in [5.41, 5.74) is 3.49. The second-order valence-corrected chi connectivity index (χ2v) is 8.96. The lowest BCUT2D eigenvalue weighted by molar-refractivity contribution is 0.0958. The lowest BCUT2D eigenvalue weighted by Gasteiger charge is -2.28. The summed E-state index contributed by atoms with van der Waals surface area (Å²) in [6, 6.07) is 37.8. The topological polar surface area (TPSA) is 84.8 Å². The summed E-state index contributed by atoms with van der Waals surface area (Å²) in [6.45, 7) is 0.527. The van der Waals surface area contributed by atoms with Crippen LogP contribution < -0.4 is 10.6 Å². The minimum atomic E-state index is -0.772. The number of hydrogen-bond donors (Lipinski definition) is 5. The molecule has 186 valence electrons.